The molecule has 0 saturated heterocycles. The van der Waals surface area contributed by atoms with Gasteiger partial charge in [0.2, 0.25) is 5.91 Å². The Labute approximate surface area is 231 Å². The molecule has 5 rings (SSSR count). The standard InChI is InChI=1S/C30H33N3O3S2/c1-18-7-6-8-20(15-18)31-25(34)17-37-29-32-27-26(23-14-9-19(30(2,3)4)16-24(23)38-27)28(35)33(29)21-10-12-22(36-5)13-11-21/h6-8,10-13,15,19H,9,14,16-17H2,1-5H3,(H,31,34). The highest BCUT2D eigenvalue weighted by molar-refractivity contribution is 7.99. The van der Waals surface area contributed by atoms with Crippen LogP contribution in [0, 0.1) is 18.3 Å². The maximum Gasteiger partial charge on any atom is 0.267 e. The molecule has 2 heterocycles. The molecule has 1 aliphatic rings. The fraction of sp³-hybridized carbons (Fsp3) is 0.367. The lowest BCUT2D eigenvalue weighted by Crippen LogP contribution is -2.27. The molecule has 198 valence electrons. The minimum absolute atomic E-state index is 0.0755. The normalized spacial score (nSPS) is 15.3. The van der Waals surface area contributed by atoms with Gasteiger partial charge in [-0.05, 0) is 85.0 Å². The lowest BCUT2D eigenvalue weighted by atomic mass is 9.72. The van der Waals surface area contributed by atoms with Crippen LogP contribution in [0.4, 0.5) is 5.69 Å². The number of thioether (sulfide) groups is 1. The zero-order valence-electron chi connectivity index (χ0n) is 22.5. The smallest absolute Gasteiger partial charge is 0.267 e. The number of carbonyl (C=O) groups excluding carboxylic acids is 1. The summed E-state index contributed by atoms with van der Waals surface area (Å²) >= 11 is 2.92. The Hall–Kier alpha value is -3.10. The number of nitrogens with zero attached hydrogens (tertiary/aromatic N) is 2. The molecule has 38 heavy (non-hydrogen) atoms. The average Bonchev–Trinajstić information content (AvgIpc) is 3.25. The number of anilines is 1. The number of benzene rings is 2. The molecule has 0 saturated carbocycles. The summed E-state index contributed by atoms with van der Waals surface area (Å²) in [6.07, 6.45) is 2.94. The number of amides is 1. The monoisotopic (exact) mass is 547 g/mol. The second-order valence-electron chi connectivity index (χ2n) is 10.9. The molecular formula is C30H33N3O3S2. The van der Waals surface area contributed by atoms with E-state index in [0.29, 0.717) is 22.5 Å². The molecule has 1 N–H and O–H groups in total. The Balaban J connectivity index is 1.53. The zero-order chi connectivity index (χ0) is 27.0. The van der Waals surface area contributed by atoms with Crippen LogP contribution in [0.1, 0.15) is 43.2 Å². The van der Waals surface area contributed by atoms with E-state index in [1.54, 1.807) is 23.0 Å². The summed E-state index contributed by atoms with van der Waals surface area (Å²) in [5.74, 6) is 1.28. The van der Waals surface area contributed by atoms with E-state index in [1.807, 2.05) is 55.5 Å². The Kier molecular flexibility index (Phi) is 7.38. The van der Waals surface area contributed by atoms with E-state index in [2.05, 4.69) is 26.1 Å². The lowest BCUT2D eigenvalue weighted by Gasteiger charge is -2.33. The van der Waals surface area contributed by atoms with E-state index >= 15 is 0 Å². The fourth-order valence-corrected chi connectivity index (χ4v) is 7.20. The molecule has 0 aliphatic heterocycles. The molecule has 6 nitrogen and oxygen atoms in total. The number of methoxy groups -OCH3 is 1. The first-order valence-electron chi connectivity index (χ1n) is 12.8. The van der Waals surface area contributed by atoms with Gasteiger partial charge in [0.25, 0.3) is 5.56 Å². The van der Waals surface area contributed by atoms with Gasteiger partial charge in [-0.2, -0.15) is 0 Å². The van der Waals surface area contributed by atoms with E-state index in [9.17, 15) is 9.59 Å². The first kappa shape index (κ1) is 26.5. The molecule has 1 unspecified atom stereocenters. The molecule has 1 atom stereocenters. The van der Waals surface area contributed by atoms with Crippen molar-refractivity contribution >= 4 is 44.9 Å². The lowest BCUT2D eigenvalue weighted by molar-refractivity contribution is -0.113. The Bertz CT molecular complexity index is 1550. The van der Waals surface area contributed by atoms with Gasteiger partial charge in [-0.15, -0.1) is 11.3 Å². The van der Waals surface area contributed by atoms with Crippen molar-refractivity contribution in [3.63, 3.8) is 0 Å². The predicted octanol–water partition coefficient (Wildman–Crippen LogP) is 6.65. The zero-order valence-corrected chi connectivity index (χ0v) is 24.1. The summed E-state index contributed by atoms with van der Waals surface area (Å²) in [6.45, 7) is 8.87. The SMILES string of the molecule is COc1ccc(-n2c(SCC(=O)Nc3cccc(C)c3)nc3sc4c(c3c2=O)CCC(C(C)(C)C)C4)cc1. The Morgan fingerprint density at radius 2 is 1.97 bits per heavy atom. The van der Waals surface area contributed by atoms with Crippen LogP contribution in [0.15, 0.2) is 58.5 Å². The van der Waals surface area contributed by atoms with Crippen LogP contribution in [0.3, 0.4) is 0 Å². The van der Waals surface area contributed by atoms with Crippen LogP contribution in [0.25, 0.3) is 15.9 Å². The summed E-state index contributed by atoms with van der Waals surface area (Å²) < 4.78 is 6.97. The minimum atomic E-state index is -0.144. The van der Waals surface area contributed by atoms with E-state index < -0.39 is 0 Å². The third-order valence-corrected chi connectivity index (χ3v) is 9.33. The Morgan fingerprint density at radius 1 is 1.21 bits per heavy atom. The number of fused-ring (bicyclic) bond motifs is 3. The summed E-state index contributed by atoms with van der Waals surface area (Å²) in [5.41, 5.74) is 3.83. The van der Waals surface area contributed by atoms with Gasteiger partial charge < -0.3 is 10.1 Å². The van der Waals surface area contributed by atoms with Crippen molar-refractivity contribution in [1.29, 1.82) is 0 Å². The molecule has 0 bridgehead atoms. The second kappa shape index (κ2) is 10.6. The van der Waals surface area contributed by atoms with Gasteiger partial charge >= 0.3 is 0 Å². The molecule has 0 radical (unpaired) electrons. The Morgan fingerprint density at radius 3 is 2.66 bits per heavy atom. The van der Waals surface area contributed by atoms with Crippen LogP contribution in [0.2, 0.25) is 0 Å². The number of ether oxygens (including phenoxy) is 1. The van der Waals surface area contributed by atoms with E-state index in [1.165, 1.54) is 16.6 Å². The van der Waals surface area contributed by atoms with Gasteiger partial charge in [-0.3, -0.25) is 14.2 Å². The molecule has 1 amide bonds. The first-order chi connectivity index (χ1) is 18.1. The van der Waals surface area contributed by atoms with E-state index in [0.717, 1.165) is 46.3 Å². The number of aromatic nitrogens is 2. The summed E-state index contributed by atoms with van der Waals surface area (Å²) in [5, 5.41) is 4.18. The molecule has 2 aromatic heterocycles. The number of nitrogens with one attached hydrogen (secondary N) is 1. The van der Waals surface area contributed by atoms with Crippen LogP contribution in [-0.4, -0.2) is 28.3 Å². The van der Waals surface area contributed by atoms with E-state index in [-0.39, 0.29) is 22.6 Å². The van der Waals surface area contributed by atoms with E-state index in [4.69, 9.17) is 9.72 Å². The van der Waals surface area contributed by atoms with Crippen LogP contribution >= 0.6 is 23.1 Å². The van der Waals surface area contributed by atoms with Crippen molar-refractivity contribution in [3.05, 3.63) is 74.9 Å². The molecule has 4 aromatic rings. The molecule has 0 fully saturated rings. The fourth-order valence-electron chi connectivity index (χ4n) is 5.05. The topological polar surface area (TPSA) is 73.2 Å². The van der Waals surface area contributed by atoms with Gasteiger partial charge in [0.15, 0.2) is 5.16 Å². The van der Waals surface area contributed by atoms with Crippen molar-refractivity contribution in [2.75, 3.05) is 18.2 Å². The summed E-state index contributed by atoms with van der Waals surface area (Å²) in [4.78, 5) is 33.9. The minimum Gasteiger partial charge on any atom is -0.497 e. The molecule has 2 aromatic carbocycles. The first-order valence-corrected chi connectivity index (χ1v) is 14.7. The van der Waals surface area contributed by atoms with Crippen molar-refractivity contribution in [2.24, 2.45) is 11.3 Å². The third-order valence-electron chi connectivity index (χ3n) is 7.24. The quantitative estimate of drug-likeness (QED) is 0.216. The second-order valence-corrected chi connectivity index (χ2v) is 13.0. The van der Waals surface area contributed by atoms with Crippen LogP contribution in [0.5, 0.6) is 5.75 Å². The highest BCUT2D eigenvalue weighted by atomic mass is 32.2. The van der Waals surface area contributed by atoms with Crippen molar-refractivity contribution in [1.82, 2.24) is 9.55 Å². The highest BCUT2D eigenvalue weighted by Gasteiger charge is 2.32. The van der Waals surface area contributed by atoms with Gasteiger partial charge in [-0.1, -0.05) is 44.7 Å². The van der Waals surface area contributed by atoms with Gasteiger partial charge in [0, 0.05) is 10.6 Å². The maximum atomic E-state index is 14.1. The third kappa shape index (κ3) is 5.38. The van der Waals surface area contributed by atoms with Gasteiger partial charge in [0.1, 0.15) is 10.6 Å². The van der Waals surface area contributed by atoms with Crippen molar-refractivity contribution in [2.45, 2.75) is 52.1 Å². The molecule has 8 heteroatoms. The number of rotatable bonds is 6. The predicted molar refractivity (Wildman–Crippen MR) is 157 cm³/mol. The number of carbonyl (C=O) groups is 1. The number of hydrogen-bond acceptors (Lipinski definition) is 6. The van der Waals surface area contributed by atoms with Gasteiger partial charge in [-0.25, -0.2) is 4.98 Å². The molecule has 1 aliphatic carbocycles. The molecule has 0 spiro atoms. The number of thiophene rings is 1. The largest absolute Gasteiger partial charge is 0.497 e. The number of aryl methyl sites for hydroxylation is 2. The van der Waals surface area contributed by atoms with Crippen LogP contribution < -0.4 is 15.6 Å². The van der Waals surface area contributed by atoms with Crippen LogP contribution in [-0.2, 0) is 17.6 Å². The summed E-state index contributed by atoms with van der Waals surface area (Å²) in [7, 11) is 1.62. The molecular weight excluding hydrogens is 514 g/mol. The highest BCUT2D eigenvalue weighted by Crippen LogP contribution is 2.42. The van der Waals surface area contributed by atoms with Gasteiger partial charge in [0.05, 0.1) is 23.9 Å². The number of hydrogen-bond donors (Lipinski definition) is 1. The average molecular weight is 548 g/mol. The maximum absolute atomic E-state index is 14.1. The van der Waals surface area contributed by atoms with Crippen molar-refractivity contribution < 1.29 is 9.53 Å². The van der Waals surface area contributed by atoms with Crippen molar-refractivity contribution in [3.8, 4) is 11.4 Å². The summed E-state index contributed by atoms with van der Waals surface area (Å²) in [6, 6.07) is 15.1.